The van der Waals surface area contributed by atoms with E-state index in [1.807, 2.05) is 34.6 Å². The van der Waals surface area contributed by atoms with Crippen LogP contribution in [0, 0.1) is 5.41 Å². The van der Waals surface area contributed by atoms with Gasteiger partial charge in [0.15, 0.2) is 17.1 Å². The summed E-state index contributed by atoms with van der Waals surface area (Å²) in [5, 5.41) is 28.5. The van der Waals surface area contributed by atoms with Crippen molar-refractivity contribution in [2.24, 2.45) is 11.1 Å². The number of aliphatic hydroxyl groups excluding tert-OH is 1. The Morgan fingerprint density at radius 3 is 1.95 bits per heavy atom. The van der Waals surface area contributed by atoms with Crippen LogP contribution in [0.1, 0.15) is 73.8 Å². The molecule has 0 heterocycles. The number of phenols is 2. The number of hydrogen-bond donors (Lipinski definition) is 4. The number of nitrogens with two attached hydrogens (primary N) is 1. The van der Waals surface area contributed by atoms with Gasteiger partial charge in [0.25, 0.3) is 0 Å². The van der Waals surface area contributed by atoms with E-state index in [1.165, 1.54) is 25.1 Å². The highest BCUT2D eigenvalue weighted by Gasteiger charge is 2.42. The summed E-state index contributed by atoms with van der Waals surface area (Å²) in [6.45, 7) is 12.8. The third-order valence-electron chi connectivity index (χ3n) is 5.79. The summed E-state index contributed by atoms with van der Waals surface area (Å²) in [5.74, 6) is -2.75. The van der Waals surface area contributed by atoms with Crippen molar-refractivity contribution in [3.05, 3.63) is 23.8 Å². The topological polar surface area (TPSA) is 175 Å². The van der Waals surface area contributed by atoms with Gasteiger partial charge in [-0.3, -0.25) is 9.59 Å². The first-order valence-electron chi connectivity index (χ1n) is 13.0. The minimum absolute atomic E-state index is 0.154. The van der Waals surface area contributed by atoms with Gasteiger partial charge in [-0.05, 0) is 64.3 Å². The SMILES string of the molecule is CC(C)N.CCC(C)(C)OC(C)(CC)C(=O)OCC(C)(CO)C(=O)OCCOC(=O)Cc1ccc(O)c(O)c1. The number of carbonyl (C=O) groups excluding carboxylic acids is 3. The Kier molecular flexibility index (Phi) is 15.1. The maximum Gasteiger partial charge on any atom is 0.338 e. The molecule has 0 aliphatic carbocycles. The molecule has 0 saturated carbocycles. The van der Waals surface area contributed by atoms with E-state index < -0.39 is 47.7 Å². The van der Waals surface area contributed by atoms with E-state index in [-0.39, 0.29) is 31.1 Å². The van der Waals surface area contributed by atoms with Gasteiger partial charge in [0.05, 0.1) is 18.6 Å². The van der Waals surface area contributed by atoms with Gasteiger partial charge in [0.2, 0.25) is 0 Å². The fraction of sp³-hybridized carbons (Fsp3) is 0.679. The zero-order valence-electron chi connectivity index (χ0n) is 24.5. The Hall–Kier alpha value is -2.89. The van der Waals surface area contributed by atoms with Gasteiger partial charge in [-0.25, -0.2) is 4.79 Å². The number of rotatable bonds is 14. The zero-order valence-corrected chi connectivity index (χ0v) is 24.5. The van der Waals surface area contributed by atoms with Crippen molar-refractivity contribution in [2.75, 3.05) is 26.4 Å². The van der Waals surface area contributed by atoms with E-state index >= 15 is 0 Å². The molecule has 224 valence electrons. The molecule has 11 nitrogen and oxygen atoms in total. The first-order valence-corrected chi connectivity index (χ1v) is 13.0. The van der Waals surface area contributed by atoms with Crippen molar-refractivity contribution in [1.29, 1.82) is 0 Å². The van der Waals surface area contributed by atoms with Crippen LogP contribution in [-0.4, -0.2) is 76.9 Å². The Bertz CT molecular complexity index is 930. The molecule has 1 rings (SSSR count). The second-order valence-electron chi connectivity index (χ2n) is 10.7. The van der Waals surface area contributed by atoms with Crippen LogP contribution in [0.2, 0.25) is 0 Å². The molecule has 0 saturated heterocycles. The van der Waals surface area contributed by atoms with Gasteiger partial charge in [-0.2, -0.15) is 0 Å². The lowest BCUT2D eigenvalue weighted by molar-refractivity contribution is -0.196. The fourth-order valence-electron chi connectivity index (χ4n) is 2.85. The van der Waals surface area contributed by atoms with Crippen LogP contribution in [0.25, 0.3) is 0 Å². The summed E-state index contributed by atoms with van der Waals surface area (Å²) in [6, 6.07) is 4.28. The normalized spacial score (nSPS) is 14.3. The van der Waals surface area contributed by atoms with Crippen molar-refractivity contribution >= 4 is 17.9 Å². The smallest absolute Gasteiger partial charge is 0.338 e. The van der Waals surface area contributed by atoms with Gasteiger partial charge in [0, 0.05) is 0 Å². The molecule has 2 atom stereocenters. The Balaban J connectivity index is 0.00000336. The molecule has 0 aliphatic heterocycles. The molecule has 11 heteroatoms. The predicted molar refractivity (Wildman–Crippen MR) is 145 cm³/mol. The lowest BCUT2D eigenvalue weighted by atomic mass is 9.93. The third kappa shape index (κ3) is 13.1. The van der Waals surface area contributed by atoms with Crippen LogP contribution in [0.5, 0.6) is 11.5 Å². The summed E-state index contributed by atoms with van der Waals surface area (Å²) < 4.78 is 21.4. The monoisotopic (exact) mass is 557 g/mol. The summed E-state index contributed by atoms with van der Waals surface area (Å²) in [7, 11) is 0. The molecule has 0 spiro atoms. The van der Waals surface area contributed by atoms with E-state index in [2.05, 4.69) is 0 Å². The van der Waals surface area contributed by atoms with Crippen molar-refractivity contribution in [1.82, 2.24) is 0 Å². The number of esters is 3. The van der Waals surface area contributed by atoms with Crippen LogP contribution in [0.3, 0.4) is 0 Å². The highest BCUT2D eigenvalue weighted by molar-refractivity contribution is 5.81. The number of ether oxygens (including phenoxy) is 4. The molecule has 39 heavy (non-hydrogen) atoms. The molecule has 0 radical (unpaired) electrons. The molecule has 5 N–H and O–H groups in total. The number of benzene rings is 1. The minimum atomic E-state index is -1.52. The summed E-state index contributed by atoms with van der Waals surface area (Å²) in [4.78, 5) is 37.2. The Morgan fingerprint density at radius 1 is 0.897 bits per heavy atom. The molecule has 0 amide bonds. The highest BCUT2D eigenvalue weighted by atomic mass is 16.6. The third-order valence-corrected chi connectivity index (χ3v) is 5.79. The van der Waals surface area contributed by atoms with Gasteiger partial charge in [-0.1, -0.05) is 33.8 Å². The van der Waals surface area contributed by atoms with Gasteiger partial charge in [-0.15, -0.1) is 0 Å². The first-order chi connectivity index (χ1) is 17.9. The average molecular weight is 558 g/mol. The van der Waals surface area contributed by atoms with Gasteiger partial charge in [0.1, 0.15) is 25.2 Å². The summed E-state index contributed by atoms with van der Waals surface area (Å²) >= 11 is 0. The number of phenolic OH excluding ortho intramolecular Hbond substituents is 2. The number of hydrogen-bond acceptors (Lipinski definition) is 11. The van der Waals surface area contributed by atoms with Crippen LogP contribution in [0.4, 0.5) is 0 Å². The van der Waals surface area contributed by atoms with Gasteiger partial charge < -0.3 is 40.0 Å². The lowest BCUT2D eigenvalue weighted by Crippen LogP contribution is -2.48. The maximum atomic E-state index is 12.7. The number of aliphatic hydroxyl groups is 1. The molecular weight excluding hydrogens is 510 g/mol. The fourth-order valence-corrected chi connectivity index (χ4v) is 2.85. The van der Waals surface area contributed by atoms with Crippen LogP contribution < -0.4 is 5.73 Å². The average Bonchev–Trinajstić information content (AvgIpc) is 2.86. The number of aromatic hydroxyl groups is 2. The zero-order chi connectivity index (χ0) is 30.4. The standard InChI is InChI=1S/C25H38O10.C3H9N/c1-7-23(3,4)35-25(6,8-2)22(31)34-16-24(5,15-26)21(30)33-12-11-32-20(29)14-17-9-10-18(27)19(28)13-17;1-3(2)4/h9-10,13,26-28H,7-8,11-12,14-16H2,1-6H3;3H,4H2,1-2H3. The summed E-state index contributed by atoms with van der Waals surface area (Å²) in [6.07, 6.45) is 0.877. The van der Waals surface area contributed by atoms with E-state index in [4.69, 9.17) is 24.7 Å². The molecule has 0 aromatic heterocycles. The van der Waals surface area contributed by atoms with Crippen molar-refractivity contribution < 1.29 is 48.7 Å². The van der Waals surface area contributed by atoms with Crippen molar-refractivity contribution in [3.63, 3.8) is 0 Å². The van der Waals surface area contributed by atoms with E-state index in [9.17, 15) is 29.7 Å². The van der Waals surface area contributed by atoms with Gasteiger partial charge >= 0.3 is 17.9 Å². The molecular formula is C28H47NO10. The Labute approximate surface area is 231 Å². The second kappa shape index (κ2) is 16.3. The van der Waals surface area contributed by atoms with E-state index in [0.29, 0.717) is 24.4 Å². The van der Waals surface area contributed by atoms with Crippen LogP contribution >= 0.6 is 0 Å². The highest BCUT2D eigenvalue weighted by Crippen LogP contribution is 2.29. The molecule has 0 bridgehead atoms. The summed E-state index contributed by atoms with van der Waals surface area (Å²) in [5.41, 5.74) is 2.26. The van der Waals surface area contributed by atoms with Crippen LogP contribution in [0.15, 0.2) is 18.2 Å². The lowest BCUT2D eigenvalue weighted by Gasteiger charge is -2.36. The molecule has 0 aliphatic rings. The number of carbonyl (C=O) groups is 3. The van der Waals surface area contributed by atoms with E-state index in [1.54, 1.807) is 13.8 Å². The van der Waals surface area contributed by atoms with Crippen molar-refractivity contribution in [3.8, 4) is 11.5 Å². The first kappa shape index (κ1) is 36.1. The van der Waals surface area contributed by atoms with Crippen LogP contribution in [-0.2, 0) is 39.8 Å². The Morgan fingerprint density at radius 2 is 1.46 bits per heavy atom. The molecule has 1 aromatic carbocycles. The van der Waals surface area contributed by atoms with Crippen molar-refractivity contribution in [2.45, 2.75) is 91.9 Å². The van der Waals surface area contributed by atoms with E-state index in [0.717, 1.165) is 0 Å². The largest absolute Gasteiger partial charge is 0.504 e. The minimum Gasteiger partial charge on any atom is -0.504 e. The second-order valence-corrected chi connectivity index (χ2v) is 10.7. The quantitative estimate of drug-likeness (QED) is 0.114. The molecule has 0 fully saturated rings. The predicted octanol–water partition coefficient (Wildman–Crippen LogP) is 3.00. The maximum absolute atomic E-state index is 12.7. The molecule has 1 aromatic rings. The molecule has 2 unspecified atom stereocenters.